The maximum atomic E-state index is 4.18. The molecule has 1 aromatic heterocycles. The van der Waals surface area contributed by atoms with Crippen molar-refractivity contribution in [3.63, 3.8) is 0 Å². The fraction of sp³-hybridized carbons (Fsp3) is 0.500. The Morgan fingerprint density at radius 2 is 2.44 bits per heavy atom. The average Bonchev–Trinajstić information content (AvgIpc) is 2.58. The number of hydrogen-bond donors (Lipinski definition) is 0. The monoisotopic (exact) mass is 140 g/mol. The van der Waals surface area contributed by atoms with E-state index < -0.39 is 0 Å². The van der Waals surface area contributed by atoms with Gasteiger partial charge in [0.15, 0.2) is 0 Å². The summed E-state index contributed by atoms with van der Waals surface area (Å²) in [6.45, 7) is 4.48. The second-order valence-electron chi connectivity index (χ2n) is 2.29. The van der Waals surface area contributed by atoms with Gasteiger partial charge >= 0.3 is 0 Å². The van der Waals surface area contributed by atoms with E-state index in [4.69, 9.17) is 0 Å². The summed E-state index contributed by atoms with van der Waals surface area (Å²) in [5.41, 5.74) is 1.14. The number of nitrogens with zero attached hydrogens (tertiary/aromatic N) is 2. The summed E-state index contributed by atoms with van der Waals surface area (Å²) in [7, 11) is 0. The van der Waals surface area contributed by atoms with Crippen LogP contribution in [0.1, 0.15) is 5.69 Å². The molecule has 0 N–H and O–H groups in total. The molecule has 0 atom stereocenters. The number of aryl methyl sites for hydroxylation is 1. The minimum Gasteiger partial charge on any atom is -0.359 e. The van der Waals surface area contributed by atoms with Crippen molar-refractivity contribution < 1.29 is 0 Å². The molecule has 9 heavy (non-hydrogen) atoms. The van der Waals surface area contributed by atoms with Gasteiger partial charge in [-0.05, 0) is 24.5 Å². The minimum absolute atomic E-state index is 1.14. The Morgan fingerprint density at radius 1 is 1.67 bits per heavy atom. The molecule has 0 spiro atoms. The van der Waals surface area contributed by atoms with E-state index in [0.29, 0.717) is 0 Å². The number of hydrogen-bond acceptors (Lipinski definition) is 3. The van der Waals surface area contributed by atoms with Gasteiger partial charge in [0, 0.05) is 13.1 Å². The van der Waals surface area contributed by atoms with Crippen LogP contribution in [0.5, 0.6) is 0 Å². The zero-order chi connectivity index (χ0) is 6.27. The third-order valence-corrected chi connectivity index (χ3v) is 2.32. The molecule has 3 heteroatoms. The molecule has 2 nitrogen and oxygen atoms in total. The number of anilines is 1. The molecule has 2 rings (SSSR count). The molecule has 1 aliphatic heterocycles. The highest BCUT2D eigenvalue weighted by molar-refractivity contribution is 7.10. The van der Waals surface area contributed by atoms with Gasteiger partial charge in [-0.3, -0.25) is 0 Å². The molecule has 1 saturated heterocycles. The molecule has 0 radical (unpaired) electrons. The smallest absolute Gasteiger partial charge is 0.112 e. The predicted octanol–water partition coefficient (Wildman–Crippen LogP) is 1.27. The molecule has 0 aromatic carbocycles. The van der Waals surface area contributed by atoms with Gasteiger partial charge in [-0.25, -0.2) is 0 Å². The van der Waals surface area contributed by atoms with Crippen molar-refractivity contribution in [1.82, 2.24) is 4.37 Å². The highest BCUT2D eigenvalue weighted by atomic mass is 32.1. The van der Waals surface area contributed by atoms with E-state index in [1.165, 1.54) is 18.1 Å². The highest BCUT2D eigenvalue weighted by Gasteiger charge is 2.19. The molecule has 48 valence electrons. The normalized spacial score (nSPS) is 16.3. The zero-order valence-corrected chi connectivity index (χ0v) is 6.11. The van der Waals surface area contributed by atoms with Gasteiger partial charge in [-0.2, -0.15) is 4.37 Å². The van der Waals surface area contributed by atoms with E-state index in [2.05, 4.69) is 15.3 Å². The van der Waals surface area contributed by atoms with Crippen molar-refractivity contribution in [2.24, 2.45) is 0 Å². The summed E-state index contributed by atoms with van der Waals surface area (Å²) in [5.74, 6) is 0. The first-order chi connectivity index (χ1) is 4.36. The molecule has 0 saturated carbocycles. The van der Waals surface area contributed by atoms with Crippen molar-refractivity contribution in [2.75, 3.05) is 18.0 Å². The Balaban J connectivity index is 2.28. The van der Waals surface area contributed by atoms with Crippen LogP contribution in [0.15, 0.2) is 6.07 Å². The Morgan fingerprint density at radius 3 is 2.89 bits per heavy atom. The summed E-state index contributed by atoms with van der Waals surface area (Å²) in [4.78, 5) is 2.31. The van der Waals surface area contributed by atoms with Gasteiger partial charge in [-0.15, -0.1) is 0 Å². The largest absolute Gasteiger partial charge is 0.359 e. The van der Waals surface area contributed by atoms with E-state index in [9.17, 15) is 0 Å². The van der Waals surface area contributed by atoms with Crippen LogP contribution in [0.3, 0.4) is 0 Å². The Labute approximate surface area is 58.3 Å². The van der Waals surface area contributed by atoms with Crippen molar-refractivity contribution >= 4 is 16.5 Å². The van der Waals surface area contributed by atoms with Gasteiger partial charge in [-0.1, -0.05) is 0 Å². The SMILES string of the molecule is Cc1cc(N2CC2)sn1. The van der Waals surface area contributed by atoms with Crippen molar-refractivity contribution in [3.05, 3.63) is 11.8 Å². The van der Waals surface area contributed by atoms with Crippen molar-refractivity contribution in [2.45, 2.75) is 6.92 Å². The minimum atomic E-state index is 1.14. The molecule has 1 fully saturated rings. The molecule has 1 aliphatic rings. The Hall–Kier alpha value is -0.570. The number of aromatic nitrogens is 1. The van der Waals surface area contributed by atoms with Crippen LogP contribution < -0.4 is 4.90 Å². The Kier molecular flexibility index (Phi) is 0.990. The number of rotatable bonds is 1. The van der Waals surface area contributed by atoms with Crippen molar-refractivity contribution in [1.29, 1.82) is 0 Å². The lowest BCUT2D eigenvalue weighted by molar-refractivity contribution is 1.34. The van der Waals surface area contributed by atoms with E-state index >= 15 is 0 Å². The molecule has 0 amide bonds. The summed E-state index contributed by atoms with van der Waals surface area (Å²) < 4.78 is 4.18. The van der Waals surface area contributed by atoms with Gasteiger partial charge in [0.05, 0.1) is 5.69 Å². The lowest BCUT2D eigenvalue weighted by Gasteiger charge is -1.89. The van der Waals surface area contributed by atoms with Crippen LogP contribution in [0.4, 0.5) is 5.00 Å². The molecule has 1 aromatic rings. The first-order valence-corrected chi connectivity index (χ1v) is 3.82. The van der Waals surface area contributed by atoms with E-state index in [-0.39, 0.29) is 0 Å². The topological polar surface area (TPSA) is 15.9 Å². The fourth-order valence-electron chi connectivity index (χ4n) is 0.770. The lowest BCUT2D eigenvalue weighted by atomic mass is 10.5. The van der Waals surface area contributed by atoms with Crippen molar-refractivity contribution in [3.8, 4) is 0 Å². The van der Waals surface area contributed by atoms with E-state index in [0.717, 1.165) is 5.69 Å². The summed E-state index contributed by atoms with van der Waals surface area (Å²) >= 11 is 1.60. The average molecular weight is 140 g/mol. The molecule has 0 unspecified atom stereocenters. The van der Waals surface area contributed by atoms with Gasteiger partial charge < -0.3 is 4.90 Å². The quantitative estimate of drug-likeness (QED) is 0.546. The van der Waals surface area contributed by atoms with Crippen LogP contribution in [-0.2, 0) is 0 Å². The second kappa shape index (κ2) is 1.70. The standard InChI is InChI=1S/C6H8N2S/c1-5-4-6(9-7-5)8-2-3-8/h4H,2-3H2,1H3. The van der Waals surface area contributed by atoms with E-state index in [1.54, 1.807) is 11.5 Å². The van der Waals surface area contributed by atoms with Crippen LogP contribution in [-0.4, -0.2) is 17.5 Å². The molecular weight excluding hydrogens is 132 g/mol. The Bertz CT molecular complexity index is 215. The van der Waals surface area contributed by atoms with Gasteiger partial charge in [0.1, 0.15) is 5.00 Å². The maximum Gasteiger partial charge on any atom is 0.112 e. The molecule has 0 aliphatic carbocycles. The van der Waals surface area contributed by atoms with Gasteiger partial charge in [0.25, 0.3) is 0 Å². The summed E-state index contributed by atoms with van der Waals surface area (Å²) in [6.07, 6.45) is 0. The third-order valence-electron chi connectivity index (χ3n) is 1.37. The van der Waals surface area contributed by atoms with Crippen LogP contribution in [0.2, 0.25) is 0 Å². The van der Waals surface area contributed by atoms with E-state index in [1.807, 2.05) is 6.92 Å². The van der Waals surface area contributed by atoms with Crippen LogP contribution >= 0.6 is 11.5 Å². The molecule has 0 bridgehead atoms. The predicted molar refractivity (Wildman–Crippen MR) is 39.1 cm³/mol. The maximum absolute atomic E-state index is 4.18. The first kappa shape index (κ1) is 5.23. The van der Waals surface area contributed by atoms with Gasteiger partial charge in [0.2, 0.25) is 0 Å². The lowest BCUT2D eigenvalue weighted by Crippen LogP contribution is -1.83. The summed E-state index contributed by atoms with van der Waals surface area (Å²) in [6, 6.07) is 2.14. The van der Waals surface area contributed by atoms with Crippen LogP contribution in [0.25, 0.3) is 0 Å². The first-order valence-electron chi connectivity index (χ1n) is 3.04. The second-order valence-corrected chi connectivity index (χ2v) is 3.08. The third kappa shape index (κ3) is 0.920. The molecule has 2 heterocycles. The summed E-state index contributed by atoms with van der Waals surface area (Å²) in [5, 5.41) is 1.33. The van der Waals surface area contributed by atoms with Crippen LogP contribution in [0, 0.1) is 6.92 Å². The zero-order valence-electron chi connectivity index (χ0n) is 5.29. The fourth-order valence-corrected chi connectivity index (χ4v) is 1.58. The molecular formula is C6H8N2S. The highest BCUT2D eigenvalue weighted by Crippen LogP contribution is 2.25.